The molecule has 0 atom stereocenters. The lowest BCUT2D eigenvalue weighted by Crippen LogP contribution is -2.38. The molecule has 0 saturated carbocycles. The summed E-state index contributed by atoms with van der Waals surface area (Å²) in [7, 11) is 0. The largest absolute Gasteiger partial charge is 0.321 e. The molecule has 4 heteroatoms. The van der Waals surface area contributed by atoms with Crippen molar-refractivity contribution < 1.29 is 13.2 Å². The Hall–Kier alpha value is -1.81. The van der Waals surface area contributed by atoms with Crippen LogP contribution in [-0.4, -0.2) is 0 Å². The summed E-state index contributed by atoms with van der Waals surface area (Å²) < 4.78 is 40.2. The number of hydrogen-bond donors (Lipinski definition) is 1. The summed E-state index contributed by atoms with van der Waals surface area (Å²) >= 11 is 0. The van der Waals surface area contributed by atoms with Crippen molar-refractivity contribution in [2.24, 2.45) is 5.73 Å². The van der Waals surface area contributed by atoms with E-state index in [9.17, 15) is 13.2 Å². The summed E-state index contributed by atoms with van der Waals surface area (Å²) in [4.78, 5) is 0. The van der Waals surface area contributed by atoms with E-state index < -0.39 is 23.0 Å². The average Bonchev–Trinajstić information content (AvgIpc) is 2.73. The van der Waals surface area contributed by atoms with Crippen molar-refractivity contribution in [2.45, 2.75) is 18.4 Å². The van der Waals surface area contributed by atoms with E-state index in [1.807, 2.05) is 24.3 Å². The lowest BCUT2D eigenvalue weighted by Gasteiger charge is -2.25. The highest BCUT2D eigenvalue weighted by atomic mass is 19.2. The zero-order chi connectivity index (χ0) is 13.6. The van der Waals surface area contributed by atoms with Crippen molar-refractivity contribution in [3.8, 4) is 0 Å². The Balaban J connectivity index is 2.07. The summed E-state index contributed by atoms with van der Waals surface area (Å²) in [6.45, 7) is 0. The number of rotatable bonds is 1. The second-order valence-electron chi connectivity index (χ2n) is 5.00. The van der Waals surface area contributed by atoms with Crippen molar-refractivity contribution in [2.75, 3.05) is 0 Å². The van der Waals surface area contributed by atoms with Gasteiger partial charge >= 0.3 is 0 Å². The topological polar surface area (TPSA) is 26.0 Å². The summed E-state index contributed by atoms with van der Waals surface area (Å²) in [6, 6.07) is 9.76. The smallest absolute Gasteiger partial charge is 0.194 e. The highest BCUT2D eigenvalue weighted by molar-refractivity contribution is 5.41. The first-order valence-corrected chi connectivity index (χ1v) is 6.01. The quantitative estimate of drug-likeness (QED) is 0.786. The van der Waals surface area contributed by atoms with Crippen molar-refractivity contribution >= 4 is 0 Å². The van der Waals surface area contributed by atoms with Gasteiger partial charge < -0.3 is 5.73 Å². The summed E-state index contributed by atoms with van der Waals surface area (Å²) in [5, 5.41) is 0. The Morgan fingerprint density at radius 3 is 2.00 bits per heavy atom. The number of fused-ring (bicyclic) bond motifs is 1. The average molecular weight is 263 g/mol. The number of nitrogens with two attached hydrogens (primary N) is 1. The molecule has 2 aromatic rings. The minimum atomic E-state index is -1.46. The lowest BCUT2D eigenvalue weighted by atomic mass is 9.87. The molecule has 1 nitrogen and oxygen atoms in total. The fourth-order valence-electron chi connectivity index (χ4n) is 2.75. The standard InChI is InChI=1S/C15H12F3N/c16-12-6-5-11(13(17)14(12)18)15(19)7-9-3-1-2-4-10(9)8-15/h1-6H,7-8,19H2. The van der Waals surface area contributed by atoms with E-state index >= 15 is 0 Å². The molecule has 19 heavy (non-hydrogen) atoms. The van der Waals surface area contributed by atoms with Gasteiger partial charge in [-0.05, 0) is 30.0 Å². The molecule has 0 amide bonds. The molecule has 0 aromatic heterocycles. The first-order chi connectivity index (χ1) is 9.01. The van der Waals surface area contributed by atoms with Crippen LogP contribution in [0.4, 0.5) is 13.2 Å². The van der Waals surface area contributed by atoms with Gasteiger partial charge in [0.05, 0.1) is 5.54 Å². The monoisotopic (exact) mass is 263 g/mol. The minimum Gasteiger partial charge on any atom is -0.321 e. The maximum Gasteiger partial charge on any atom is 0.194 e. The Morgan fingerprint density at radius 2 is 1.42 bits per heavy atom. The molecule has 0 bridgehead atoms. The van der Waals surface area contributed by atoms with Gasteiger partial charge in [-0.15, -0.1) is 0 Å². The molecule has 0 fully saturated rings. The van der Waals surface area contributed by atoms with Crippen molar-refractivity contribution in [1.29, 1.82) is 0 Å². The fourth-order valence-corrected chi connectivity index (χ4v) is 2.75. The third kappa shape index (κ3) is 1.83. The van der Waals surface area contributed by atoms with Gasteiger partial charge in [-0.2, -0.15) is 0 Å². The van der Waals surface area contributed by atoms with Gasteiger partial charge in [-0.1, -0.05) is 30.3 Å². The lowest BCUT2D eigenvalue weighted by molar-refractivity contribution is 0.398. The zero-order valence-electron chi connectivity index (χ0n) is 10.1. The summed E-state index contributed by atoms with van der Waals surface area (Å²) in [5.41, 5.74) is 7.28. The van der Waals surface area contributed by atoms with Crippen LogP contribution in [0.2, 0.25) is 0 Å². The van der Waals surface area contributed by atoms with Crippen LogP contribution < -0.4 is 5.73 Å². The van der Waals surface area contributed by atoms with E-state index in [-0.39, 0.29) is 5.56 Å². The van der Waals surface area contributed by atoms with Crippen LogP contribution in [-0.2, 0) is 18.4 Å². The van der Waals surface area contributed by atoms with Gasteiger partial charge in [-0.25, -0.2) is 13.2 Å². The molecule has 1 aliphatic carbocycles. The van der Waals surface area contributed by atoms with Crippen LogP contribution in [0.1, 0.15) is 16.7 Å². The van der Waals surface area contributed by atoms with Gasteiger partial charge in [0, 0.05) is 5.56 Å². The van der Waals surface area contributed by atoms with E-state index in [2.05, 4.69) is 0 Å². The first kappa shape index (κ1) is 12.2. The van der Waals surface area contributed by atoms with Gasteiger partial charge in [0.25, 0.3) is 0 Å². The van der Waals surface area contributed by atoms with Crippen molar-refractivity contribution in [3.05, 3.63) is 70.5 Å². The third-order valence-corrected chi connectivity index (χ3v) is 3.70. The zero-order valence-corrected chi connectivity index (χ0v) is 10.1. The normalized spacial score (nSPS) is 16.4. The highest BCUT2D eigenvalue weighted by Gasteiger charge is 2.38. The van der Waals surface area contributed by atoms with E-state index in [1.165, 1.54) is 6.07 Å². The molecule has 0 aliphatic heterocycles. The van der Waals surface area contributed by atoms with Gasteiger partial charge in [0.1, 0.15) is 0 Å². The van der Waals surface area contributed by atoms with E-state index in [0.717, 1.165) is 17.2 Å². The van der Waals surface area contributed by atoms with Gasteiger partial charge in [0.15, 0.2) is 17.5 Å². The van der Waals surface area contributed by atoms with Crippen LogP contribution in [0, 0.1) is 17.5 Å². The van der Waals surface area contributed by atoms with Crippen LogP contribution in [0.5, 0.6) is 0 Å². The molecule has 1 aliphatic rings. The predicted molar refractivity (Wildman–Crippen MR) is 66.0 cm³/mol. The molecular formula is C15H12F3N. The SMILES string of the molecule is NC1(c2ccc(F)c(F)c2F)Cc2ccccc2C1. The Labute approximate surface area is 108 Å². The molecule has 3 rings (SSSR count). The van der Waals surface area contributed by atoms with Crippen LogP contribution in [0.15, 0.2) is 36.4 Å². The molecule has 0 heterocycles. The molecule has 0 spiro atoms. The van der Waals surface area contributed by atoms with Crippen molar-refractivity contribution in [3.63, 3.8) is 0 Å². The molecule has 98 valence electrons. The third-order valence-electron chi connectivity index (χ3n) is 3.70. The Kier molecular flexibility index (Phi) is 2.64. The number of benzene rings is 2. The minimum absolute atomic E-state index is 0.0302. The maximum atomic E-state index is 13.9. The van der Waals surface area contributed by atoms with E-state index in [4.69, 9.17) is 5.73 Å². The predicted octanol–water partition coefficient (Wildman–Crippen LogP) is 3.06. The molecule has 0 radical (unpaired) electrons. The highest BCUT2D eigenvalue weighted by Crippen LogP contribution is 2.37. The molecule has 2 aromatic carbocycles. The summed E-state index contributed by atoms with van der Waals surface area (Å²) in [6.07, 6.45) is 0.844. The van der Waals surface area contributed by atoms with Crippen LogP contribution >= 0.6 is 0 Å². The van der Waals surface area contributed by atoms with Crippen LogP contribution in [0.3, 0.4) is 0 Å². The molecule has 0 saturated heterocycles. The van der Waals surface area contributed by atoms with Crippen LogP contribution in [0.25, 0.3) is 0 Å². The Morgan fingerprint density at radius 1 is 0.842 bits per heavy atom. The number of hydrogen-bond acceptors (Lipinski definition) is 1. The second kappa shape index (κ2) is 4.10. The van der Waals surface area contributed by atoms with Gasteiger partial charge in [-0.3, -0.25) is 0 Å². The molecule has 0 unspecified atom stereocenters. The molecular weight excluding hydrogens is 251 g/mol. The number of halogens is 3. The second-order valence-corrected chi connectivity index (χ2v) is 5.00. The van der Waals surface area contributed by atoms with E-state index in [1.54, 1.807) is 0 Å². The first-order valence-electron chi connectivity index (χ1n) is 6.01. The van der Waals surface area contributed by atoms with Crippen molar-refractivity contribution in [1.82, 2.24) is 0 Å². The molecule has 2 N–H and O–H groups in total. The Bertz CT molecular complexity index is 627. The van der Waals surface area contributed by atoms with Gasteiger partial charge in [0.2, 0.25) is 0 Å². The van der Waals surface area contributed by atoms with E-state index in [0.29, 0.717) is 12.8 Å². The maximum absolute atomic E-state index is 13.9. The summed E-state index contributed by atoms with van der Waals surface area (Å²) in [5.74, 6) is -3.84. The fraction of sp³-hybridized carbons (Fsp3) is 0.200.